The minimum absolute atomic E-state index is 0.258. The summed E-state index contributed by atoms with van der Waals surface area (Å²) in [6.45, 7) is 4.78. The highest BCUT2D eigenvalue weighted by atomic mass is 35.5. The van der Waals surface area contributed by atoms with E-state index in [4.69, 9.17) is 16.3 Å². The molecule has 2 heterocycles. The van der Waals surface area contributed by atoms with Crippen molar-refractivity contribution in [1.29, 1.82) is 0 Å². The summed E-state index contributed by atoms with van der Waals surface area (Å²) in [6.07, 6.45) is 1.30. The Morgan fingerprint density at radius 1 is 1.53 bits per heavy atom. The van der Waals surface area contributed by atoms with Crippen LogP contribution in [0.3, 0.4) is 0 Å². The molecule has 0 amide bonds. The largest absolute Gasteiger partial charge is 0.377 e. The minimum Gasteiger partial charge on any atom is -0.377 e. The summed E-state index contributed by atoms with van der Waals surface area (Å²) in [5, 5.41) is 0.547. The van der Waals surface area contributed by atoms with Crippen LogP contribution in [0.2, 0.25) is 5.15 Å². The van der Waals surface area contributed by atoms with Crippen LogP contribution in [0.15, 0.2) is 18.2 Å². The van der Waals surface area contributed by atoms with E-state index < -0.39 is 0 Å². The molecule has 1 saturated heterocycles. The molecule has 1 aliphatic rings. The Morgan fingerprint density at radius 2 is 2.40 bits per heavy atom. The lowest BCUT2D eigenvalue weighted by molar-refractivity contribution is 0.0820. The van der Waals surface area contributed by atoms with Crippen molar-refractivity contribution in [3.05, 3.63) is 23.4 Å². The van der Waals surface area contributed by atoms with E-state index in [2.05, 4.69) is 16.8 Å². The van der Waals surface area contributed by atoms with Crippen molar-refractivity contribution in [2.24, 2.45) is 0 Å². The van der Waals surface area contributed by atoms with Crippen molar-refractivity contribution in [1.82, 2.24) is 4.98 Å². The molecule has 0 aliphatic carbocycles. The first-order valence-electron chi connectivity index (χ1n) is 5.25. The van der Waals surface area contributed by atoms with E-state index in [1.54, 1.807) is 6.07 Å². The van der Waals surface area contributed by atoms with E-state index in [0.717, 1.165) is 31.9 Å². The normalized spacial score (nSPS) is 22.5. The third-order valence-electron chi connectivity index (χ3n) is 2.48. The molecule has 1 fully saturated rings. The van der Waals surface area contributed by atoms with Crippen LogP contribution in [0, 0.1) is 0 Å². The first-order valence-corrected chi connectivity index (χ1v) is 5.62. The molecule has 0 N–H and O–H groups in total. The van der Waals surface area contributed by atoms with E-state index in [1.807, 2.05) is 12.1 Å². The standard InChI is InChI=1S/C11H15ClN2O/c1-9-8-14(6-3-7-15-9)11-5-2-4-10(12)13-11/h2,4-5,9H,3,6-8H2,1H3. The summed E-state index contributed by atoms with van der Waals surface area (Å²) in [6, 6.07) is 5.72. The number of rotatable bonds is 1. The summed E-state index contributed by atoms with van der Waals surface area (Å²) in [5.74, 6) is 0.944. The second kappa shape index (κ2) is 4.81. The minimum atomic E-state index is 0.258. The van der Waals surface area contributed by atoms with E-state index in [0.29, 0.717) is 5.15 Å². The molecule has 1 atom stereocenters. The molecule has 1 aromatic heterocycles. The quantitative estimate of drug-likeness (QED) is 0.688. The maximum absolute atomic E-state index is 5.87. The molecular weight excluding hydrogens is 212 g/mol. The number of hydrogen-bond donors (Lipinski definition) is 0. The predicted molar refractivity (Wildman–Crippen MR) is 61.5 cm³/mol. The molecule has 1 aliphatic heterocycles. The number of anilines is 1. The highest BCUT2D eigenvalue weighted by Crippen LogP contribution is 2.17. The molecule has 0 bridgehead atoms. The Kier molecular flexibility index (Phi) is 3.44. The Hall–Kier alpha value is -0.800. The van der Waals surface area contributed by atoms with Crippen LogP contribution in [0.4, 0.5) is 5.82 Å². The maximum Gasteiger partial charge on any atom is 0.131 e. The zero-order valence-electron chi connectivity index (χ0n) is 8.82. The number of nitrogens with zero attached hydrogens (tertiary/aromatic N) is 2. The molecule has 0 spiro atoms. The maximum atomic E-state index is 5.87. The summed E-state index contributed by atoms with van der Waals surface area (Å²) in [7, 11) is 0. The molecule has 2 rings (SSSR count). The number of aromatic nitrogens is 1. The van der Waals surface area contributed by atoms with Crippen molar-refractivity contribution in [3.63, 3.8) is 0 Å². The third-order valence-corrected chi connectivity index (χ3v) is 2.69. The van der Waals surface area contributed by atoms with Gasteiger partial charge >= 0.3 is 0 Å². The number of ether oxygens (including phenoxy) is 1. The molecule has 0 saturated carbocycles. The molecule has 82 valence electrons. The smallest absolute Gasteiger partial charge is 0.131 e. The first-order chi connectivity index (χ1) is 7.25. The van der Waals surface area contributed by atoms with Gasteiger partial charge in [-0.1, -0.05) is 17.7 Å². The molecule has 0 aromatic carbocycles. The van der Waals surface area contributed by atoms with Crippen LogP contribution in [-0.2, 0) is 4.74 Å². The topological polar surface area (TPSA) is 25.4 Å². The average Bonchev–Trinajstić information content (AvgIpc) is 2.43. The van der Waals surface area contributed by atoms with Gasteiger partial charge in [-0.25, -0.2) is 4.98 Å². The van der Waals surface area contributed by atoms with Crippen LogP contribution in [0.1, 0.15) is 13.3 Å². The van der Waals surface area contributed by atoms with Crippen LogP contribution >= 0.6 is 11.6 Å². The number of hydrogen-bond acceptors (Lipinski definition) is 3. The van der Waals surface area contributed by atoms with Crippen molar-refractivity contribution in [3.8, 4) is 0 Å². The SMILES string of the molecule is CC1CN(c2cccc(Cl)n2)CCCO1. The van der Waals surface area contributed by atoms with E-state index in [-0.39, 0.29) is 6.10 Å². The van der Waals surface area contributed by atoms with Crippen molar-refractivity contribution >= 4 is 17.4 Å². The van der Waals surface area contributed by atoms with Crippen LogP contribution in [-0.4, -0.2) is 30.8 Å². The first kappa shape index (κ1) is 10.7. The van der Waals surface area contributed by atoms with Crippen LogP contribution < -0.4 is 4.90 Å². The lowest BCUT2D eigenvalue weighted by Crippen LogP contribution is -2.30. The molecule has 1 unspecified atom stereocenters. The van der Waals surface area contributed by atoms with Crippen molar-refractivity contribution in [2.75, 3.05) is 24.6 Å². The third kappa shape index (κ3) is 2.83. The average molecular weight is 227 g/mol. The highest BCUT2D eigenvalue weighted by molar-refractivity contribution is 6.29. The van der Waals surface area contributed by atoms with Crippen LogP contribution in [0.25, 0.3) is 0 Å². The van der Waals surface area contributed by atoms with E-state index >= 15 is 0 Å². The Morgan fingerprint density at radius 3 is 3.20 bits per heavy atom. The van der Waals surface area contributed by atoms with Gasteiger partial charge in [-0.05, 0) is 25.5 Å². The zero-order chi connectivity index (χ0) is 10.7. The van der Waals surface area contributed by atoms with Crippen LogP contribution in [0.5, 0.6) is 0 Å². The fourth-order valence-corrected chi connectivity index (χ4v) is 1.94. The fourth-order valence-electron chi connectivity index (χ4n) is 1.78. The molecule has 15 heavy (non-hydrogen) atoms. The second-order valence-corrected chi connectivity index (χ2v) is 4.19. The highest BCUT2D eigenvalue weighted by Gasteiger charge is 2.16. The number of halogens is 1. The van der Waals surface area contributed by atoms with Gasteiger partial charge in [0.25, 0.3) is 0 Å². The van der Waals surface area contributed by atoms with Gasteiger partial charge in [-0.15, -0.1) is 0 Å². The Labute approximate surface area is 95.0 Å². The molecule has 4 heteroatoms. The summed E-state index contributed by atoms with van der Waals surface area (Å²) in [5.41, 5.74) is 0. The van der Waals surface area contributed by atoms with Gasteiger partial charge in [0.1, 0.15) is 11.0 Å². The van der Waals surface area contributed by atoms with E-state index in [9.17, 15) is 0 Å². The van der Waals surface area contributed by atoms with Crippen molar-refractivity contribution < 1.29 is 4.74 Å². The van der Waals surface area contributed by atoms with Gasteiger partial charge in [0, 0.05) is 19.7 Å². The predicted octanol–water partition coefficient (Wildman–Crippen LogP) is 2.35. The fraction of sp³-hybridized carbons (Fsp3) is 0.545. The van der Waals surface area contributed by atoms with Gasteiger partial charge < -0.3 is 9.64 Å². The summed E-state index contributed by atoms with van der Waals surface area (Å²) < 4.78 is 5.58. The summed E-state index contributed by atoms with van der Waals surface area (Å²) >= 11 is 5.87. The van der Waals surface area contributed by atoms with E-state index in [1.165, 1.54) is 0 Å². The molecule has 0 radical (unpaired) electrons. The van der Waals surface area contributed by atoms with Gasteiger partial charge in [0.05, 0.1) is 6.10 Å². The number of pyridine rings is 1. The second-order valence-electron chi connectivity index (χ2n) is 3.80. The molecular formula is C11H15ClN2O. The lowest BCUT2D eigenvalue weighted by atomic mass is 10.3. The van der Waals surface area contributed by atoms with Gasteiger partial charge in [0.15, 0.2) is 0 Å². The zero-order valence-corrected chi connectivity index (χ0v) is 9.57. The summed E-state index contributed by atoms with van der Waals surface area (Å²) in [4.78, 5) is 6.53. The Bertz CT molecular complexity index is 332. The van der Waals surface area contributed by atoms with Crippen molar-refractivity contribution in [2.45, 2.75) is 19.4 Å². The molecule has 3 nitrogen and oxygen atoms in total. The lowest BCUT2D eigenvalue weighted by Gasteiger charge is -2.23. The molecule has 1 aromatic rings. The van der Waals surface area contributed by atoms with Gasteiger partial charge in [-0.3, -0.25) is 0 Å². The Balaban J connectivity index is 2.14. The van der Waals surface area contributed by atoms with Gasteiger partial charge in [0.2, 0.25) is 0 Å². The van der Waals surface area contributed by atoms with Gasteiger partial charge in [-0.2, -0.15) is 0 Å². The monoisotopic (exact) mass is 226 g/mol.